The van der Waals surface area contributed by atoms with Gasteiger partial charge < -0.3 is 4.74 Å². The first-order valence-electron chi connectivity index (χ1n) is 9.64. The van der Waals surface area contributed by atoms with E-state index in [2.05, 4.69) is 191 Å². The number of benzene rings is 4. The second kappa shape index (κ2) is 13.4. The Kier molecular flexibility index (Phi) is 11.7. The van der Waals surface area contributed by atoms with Gasteiger partial charge in [-0.1, -0.05) is 31.9 Å². The summed E-state index contributed by atoms with van der Waals surface area (Å²) in [7, 11) is 0. The third-order valence-electron chi connectivity index (χ3n) is 5.05. The van der Waals surface area contributed by atoms with Crippen molar-refractivity contribution in [2.45, 2.75) is 0 Å². The molecule has 0 unspecified atom stereocenters. The predicted octanol–water partition coefficient (Wildman–Crippen LogP) is 16.0. The van der Waals surface area contributed by atoms with Gasteiger partial charge in [-0.05, 0) is 207 Å². The SMILES string of the molecule is Brc1cc(Br)c(-c2cc(Oc3cc(-c4cc(Br)c(Br)cc4Br)c(Br)c(Br)c3Br)c(Br)c(Br)c2Br)cc1Br. The van der Waals surface area contributed by atoms with Gasteiger partial charge in [-0.15, -0.1) is 0 Å². The molecule has 0 heterocycles. The fourth-order valence-electron chi connectivity index (χ4n) is 3.28. The van der Waals surface area contributed by atoms with Crippen LogP contribution in [0.4, 0.5) is 0 Å². The van der Waals surface area contributed by atoms with Gasteiger partial charge in [-0.25, -0.2) is 0 Å². The fourth-order valence-corrected chi connectivity index (χ4v) is 9.57. The highest BCUT2D eigenvalue weighted by Crippen LogP contribution is 2.51. The third-order valence-corrected chi connectivity index (χ3v) is 17.0. The average Bonchev–Trinajstić information content (AvgIpc) is 2.84. The molecule has 4 aromatic carbocycles. The molecule has 0 N–H and O–H groups in total. The zero-order valence-corrected chi connectivity index (χ0v) is 36.4. The molecule has 13 heteroatoms. The standard InChI is InChI=1S/C24H6Br12O/c25-11-5-15(29)13(27)1-7(11)9-3-17(21(33)23(35)19(9)31)37-18-4-10(20(32)24(36)22(18)34)8-2-14(28)16(30)6-12(8)26/h1-6H. The molecule has 0 saturated heterocycles. The lowest BCUT2D eigenvalue weighted by molar-refractivity contribution is 0.476. The Morgan fingerprint density at radius 3 is 0.973 bits per heavy atom. The van der Waals surface area contributed by atoms with Gasteiger partial charge in [-0.2, -0.15) is 0 Å². The molecule has 0 saturated carbocycles. The second-order valence-electron chi connectivity index (χ2n) is 7.32. The highest BCUT2D eigenvalue weighted by atomic mass is 79.9. The number of rotatable bonds is 4. The smallest absolute Gasteiger partial charge is 0.143 e. The minimum atomic E-state index is 0.632. The van der Waals surface area contributed by atoms with Crippen molar-refractivity contribution in [1.82, 2.24) is 0 Å². The molecule has 0 spiro atoms. The van der Waals surface area contributed by atoms with Crippen LogP contribution in [0.1, 0.15) is 0 Å². The lowest BCUT2D eigenvalue weighted by Crippen LogP contribution is -1.94. The molecular formula is C24H6Br12O. The van der Waals surface area contributed by atoms with Crippen LogP contribution in [-0.2, 0) is 0 Å². The summed E-state index contributed by atoms with van der Waals surface area (Å²) < 4.78 is 17.2. The van der Waals surface area contributed by atoms with Crippen molar-refractivity contribution in [3.8, 4) is 33.8 Å². The maximum absolute atomic E-state index is 6.56. The maximum Gasteiger partial charge on any atom is 0.143 e. The Hall–Kier alpha value is 2.44. The van der Waals surface area contributed by atoms with E-state index in [0.717, 1.165) is 75.9 Å². The molecule has 4 rings (SSSR count). The topological polar surface area (TPSA) is 9.23 Å². The first-order chi connectivity index (χ1) is 17.3. The van der Waals surface area contributed by atoms with Crippen LogP contribution in [0.25, 0.3) is 22.3 Å². The highest BCUT2D eigenvalue weighted by molar-refractivity contribution is 9.15. The van der Waals surface area contributed by atoms with Crippen molar-refractivity contribution in [1.29, 1.82) is 0 Å². The summed E-state index contributed by atoms with van der Waals surface area (Å²) in [5.41, 5.74) is 3.86. The number of hydrogen-bond donors (Lipinski definition) is 0. The zero-order valence-electron chi connectivity index (χ0n) is 17.4. The van der Waals surface area contributed by atoms with Gasteiger partial charge >= 0.3 is 0 Å². The summed E-state index contributed by atoms with van der Waals surface area (Å²) in [5, 5.41) is 0. The van der Waals surface area contributed by atoms with Gasteiger partial charge in [0.05, 0.1) is 17.9 Å². The quantitative estimate of drug-likeness (QED) is 0.146. The van der Waals surface area contributed by atoms with Crippen LogP contribution in [0, 0.1) is 0 Å². The molecule has 37 heavy (non-hydrogen) atoms. The molecule has 0 aliphatic carbocycles. The van der Waals surface area contributed by atoms with E-state index in [-0.39, 0.29) is 0 Å². The van der Waals surface area contributed by atoms with Gasteiger partial charge in [0, 0.05) is 46.9 Å². The van der Waals surface area contributed by atoms with E-state index in [9.17, 15) is 0 Å². The fraction of sp³-hybridized carbons (Fsp3) is 0. The maximum atomic E-state index is 6.56. The average molecular weight is 1270 g/mol. The molecule has 192 valence electrons. The Bertz CT molecular complexity index is 1460. The molecule has 0 aromatic heterocycles. The number of ether oxygens (including phenoxy) is 1. The Morgan fingerprint density at radius 2 is 0.622 bits per heavy atom. The van der Waals surface area contributed by atoms with Crippen molar-refractivity contribution in [3.05, 3.63) is 90.1 Å². The van der Waals surface area contributed by atoms with Crippen LogP contribution < -0.4 is 4.74 Å². The first-order valence-corrected chi connectivity index (χ1v) is 19.2. The predicted molar refractivity (Wildman–Crippen MR) is 196 cm³/mol. The molecular weight excluding hydrogens is 1260 g/mol. The van der Waals surface area contributed by atoms with Gasteiger partial charge in [0.15, 0.2) is 0 Å². The summed E-state index contributed by atoms with van der Waals surface area (Å²) in [6.07, 6.45) is 0. The van der Waals surface area contributed by atoms with E-state index in [1.807, 2.05) is 36.4 Å². The van der Waals surface area contributed by atoms with Gasteiger partial charge in [-0.3, -0.25) is 0 Å². The highest BCUT2D eigenvalue weighted by Gasteiger charge is 2.22. The number of hydrogen-bond acceptors (Lipinski definition) is 1. The molecule has 0 aliphatic heterocycles. The van der Waals surface area contributed by atoms with Crippen molar-refractivity contribution < 1.29 is 4.74 Å². The van der Waals surface area contributed by atoms with E-state index in [0.29, 0.717) is 11.5 Å². The molecule has 0 bridgehead atoms. The molecule has 0 aliphatic rings. The summed E-state index contributed by atoms with van der Waals surface area (Å²) >= 11 is 44.1. The van der Waals surface area contributed by atoms with Crippen LogP contribution in [0.3, 0.4) is 0 Å². The molecule has 0 atom stereocenters. The van der Waals surface area contributed by atoms with E-state index in [1.54, 1.807) is 0 Å². The number of halogens is 12. The van der Waals surface area contributed by atoms with Crippen LogP contribution in [0.15, 0.2) is 90.1 Å². The van der Waals surface area contributed by atoms with Crippen molar-refractivity contribution in [2.75, 3.05) is 0 Å². The first kappa shape index (κ1) is 32.4. The summed E-state index contributed by atoms with van der Waals surface area (Å²) in [4.78, 5) is 0. The minimum Gasteiger partial charge on any atom is -0.455 e. The lowest BCUT2D eigenvalue weighted by Gasteiger charge is -2.19. The largest absolute Gasteiger partial charge is 0.455 e. The zero-order chi connectivity index (χ0) is 27.3. The lowest BCUT2D eigenvalue weighted by atomic mass is 10.0. The Morgan fingerprint density at radius 1 is 0.297 bits per heavy atom. The molecule has 0 radical (unpaired) electrons. The van der Waals surface area contributed by atoms with Gasteiger partial charge in [0.1, 0.15) is 11.5 Å². The van der Waals surface area contributed by atoms with Crippen LogP contribution in [0.5, 0.6) is 11.5 Å². The second-order valence-corrected chi connectivity index (χ2v) is 17.2. The van der Waals surface area contributed by atoms with Crippen LogP contribution >= 0.6 is 191 Å². The van der Waals surface area contributed by atoms with Crippen LogP contribution in [-0.4, -0.2) is 0 Å². The van der Waals surface area contributed by atoms with Crippen molar-refractivity contribution in [3.63, 3.8) is 0 Å². The van der Waals surface area contributed by atoms with E-state index in [4.69, 9.17) is 4.74 Å². The summed E-state index contributed by atoms with van der Waals surface area (Å²) in [6.45, 7) is 0. The normalized spacial score (nSPS) is 11.2. The van der Waals surface area contributed by atoms with Gasteiger partial charge in [0.2, 0.25) is 0 Å². The molecule has 0 amide bonds. The van der Waals surface area contributed by atoms with Crippen molar-refractivity contribution >= 4 is 191 Å². The Balaban J connectivity index is 1.90. The monoisotopic (exact) mass is 1260 g/mol. The van der Waals surface area contributed by atoms with E-state index < -0.39 is 0 Å². The van der Waals surface area contributed by atoms with Crippen LogP contribution in [0.2, 0.25) is 0 Å². The molecule has 0 fully saturated rings. The third kappa shape index (κ3) is 6.83. The summed E-state index contributed by atoms with van der Waals surface area (Å²) in [6, 6.07) is 12.1. The Labute approximate surface area is 314 Å². The van der Waals surface area contributed by atoms with E-state index in [1.165, 1.54) is 0 Å². The van der Waals surface area contributed by atoms with Gasteiger partial charge in [0.25, 0.3) is 0 Å². The molecule has 4 aromatic rings. The van der Waals surface area contributed by atoms with Crippen molar-refractivity contribution in [2.24, 2.45) is 0 Å². The molecule has 1 nitrogen and oxygen atoms in total. The summed E-state index contributed by atoms with van der Waals surface area (Å²) in [5.74, 6) is 1.26. The van der Waals surface area contributed by atoms with E-state index >= 15 is 0 Å². The minimum absolute atomic E-state index is 0.632.